The minimum absolute atomic E-state index is 0.167. The lowest BCUT2D eigenvalue weighted by Crippen LogP contribution is -2.38. The van der Waals surface area contributed by atoms with Gasteiger partial charge in [0.25, 0.3) is 11.1 Å². The van der Waals surface area contributed by atoms with Crippen LogP contribution in [0.2, 0.25) is 0 Å². The molecule has 5 rings (SSSR count). The maximum Gasteiger partial charge on any atom is 0.290 e. The molecule has 0 aromatic heterocycles. The molecule has 1 saturated heterocycles. The summed E-state index contributed by atoms with van der Waals surface area (Å²) in [7, 11) is 2.11. The molecule has 7 nitrogen and oxygen atoms in total. The van der Waals surface area contributed by atoms with Crippen LogP contribution in [-0.2, 0) is 11.4 Å². The monoisotopic (exact) mass is 586 g/mol. The van der Waals surface area contributed by atoms with Crippen LogP contribution in [0, 0.1) is 20.8 Å². The number of likely N-dealkylation sites (N-methyl/N-ethyl adjacent to an activating group) is 1. The van der Waals surface area contributed by atoms with Gasteiger partial charge in [-0.05, 0) is 99.5 Å². The fourth-order valence-corrected chi connectivity index (χ4v) is 6.24. The molecular formula is C34H38N2O5S. The summed E-state index contributed by atoms with van der Waals surface area (Å²) in [5.74, 6) is 2.50. The van der Waals surface area contributed by atoms with E-state index in [4.69, 9.17) is 14.2 Å². The van der Waals surface area contributed by atoms with Crippen molar-refractivity contribution in [1.82, 2.24) is 10.2 Å². The van der Waals surface area contributed by atoms with Crippen LogP contribution in [0.25, 0.3) is 6.08 Å². The molecule has 0 bridgehead atoms. The molecule has 3 aromatic carbocycles. The maximum absolute atomic E-state index is 11.8. The molecule has 0 radical (unpaired) electrons. The van der Waals surface area contributed by atoms with Crippen molar-refractivity contribution in [1.29, 1.82) is 0 Å². The number of nitrogens with zero attached hydrogens (tertiary/aromatic N) is 1. The molecule has 3 aromatic rings. The first-order valence-corrected chi connectivity index (χ1v) is 15.0. The van der Waals surface area contributed by atoms with Crippen LogP contribution < -0.4 is 19.5 Å². The van der Waals surface area contributed by atoms with E-state index >= 15 is 0 Å². The Morgan fingerprint density at radius 2 is 1.69 bits per heavy atom. The number of thioether (sulfide) groups is 1. The standard InChI is InChI=1S/C34H38N2O5S/c1-21-22(2)31-29(23(3)30(21)40-20-25-10-8-7-9-11-25)27(34(4,5)41-31)19-36(6)16-17-39-26-14-12-24(13-15-26)18-28-32(37)35-33(38)42-28/h7-15,18,27H,16-17,19-20H2,1-6H3,(H,35,37,38)/b28-18-. The summed E-state index contributed by atoms with van der Waals surface area (Å²) in [6.45, 7) is 13.3. The third-order valence-electron chi connectivity index (χ3n) is 8.07. The molecule has 1 atom stereocenters. The van der Waals surface area contributed by atoms with Gasteiger partial charge in [-0.1, -0.05) is 42.5 Å². The van der Waals surface area contributed by atoms with Crippen molar-refractivity contribution < 1.29 is 23.8 Å². The quantitative estimate of drug-likeness (QED) is 0.263. The molecule has 1 fully saturated rings. The Morgan fingerprint density at radius 3 is 2.36 bits per heavy atom. The Balaban J connectivity index is 1.23. The summed E-state index contributed by atoms with van der Waals surface area (Å²) >= 11 is 0.911. The Kier molecular flexibility index (Phi) is 8.66. The second-order valence-electron chi connectivity index (χ2n) is 11.5. The Morgan fingerprint density at radius 1 is 0.976 bits per heavy atom. The summed E-state index contributed by atoms with van der Waals surface area (Å²) in [4.78, 5) is 25.8. The average Bonchev–Trinajstić information content (AvgIpc) is 3.42. The maximum atomic E-state index is 11.8. The summed E-state index contributed by atoms with van der Waals surface area (Å²) in [5, 5.41) is 1.93. The number of rotatable bonds is 10. The van der Waals surface area contributed by atoms with E-state index in [1.165, 1.54) is 5.56 Å². The van der Waals surface area contributed by atoms with Crippen LogP contribution >= 0.6 is 11.8 Å². The van der Waals surface area contributed by atoms with E-state index in [1.807, 2.05) is 42.5 Å². The molecule has 0 spiro atoms. The van der Waals surface area contributed by atoms with Gasteiger partial charge in [0, 0.05) is 24.6 Å². The minimum atomic E-state index is -0.360. The molecule has 220 valence electrons. The molecule has 0 aliphatic carbocycles. The first kappa shape index (κ1) is 29.7. The normalized spacial score (nSPS) is 18.3. The lowest BCUT2D eigenvalue weighted by molar-refractivity contribution is -0.115. The number of amides is 2. The van der Waals surface area contributed by atoms with Crippen LogP contribution in [0.3, 0.4) is 0 Å². The Hall–Kier alpha value is -3.75. The van der Waals surface area contributed by atoms with Crippen molar-refractivity contribution in [2.45, 2.75) is 52.7 Å². The second-order valence-corrected chi connectivity index (χ2v) is 12.5. The fraction of sp³-hybridized carbons (Fsp3) is 0.353. The van der Waals surface area contributed by atoms with Gasteiger partial charge >= 0.3 is 0 Å². The minimum Gasteiger partial charge on any atom is -0.492 e. The number of carbonyl (C=O) groups is 2. The van der Waals surface area contributed by atoms with Crippen LogP contribution in [0.1, 0.15) is 53.1 Å². The van der Waals surface area contributed by atoms with Crippen molar-refractivity contribution >= 4 is 29.0 Å². The Labute approximate surface area is 252 Å². The van der Waals surface area contributed by atoms with Crippen LogP contribution in [-0.4, -0.2) is 48.4 Å². The smallest absolute Gasteiger partial charge is 0.290 e. The molecule has 1 unspecified atom stereocenters. The van der Waals surface area contributed by atoms with Gasteiger partial charge in [-0.3, -0.25) is 14.9 Å². The van der Waals surface area contributed by atoms with E-state index in [2.05, 4.69) is 64.0 Å². The molecular weight excluding hydrogens is 548 g/mol. The molecule has 42 heavy (non-hydrogen) atoms. The molecule has 2 heterocycles. The number of carbonyl (C=O) groups excluding carboxylic acids is 2. The van der Waals surface area contributed by atoms with Crippen molar-refractivity contribution in [3.8, 4) is 17.2 Å². The van der Waals surface area contributed by atoms with Gasteiger partial charge in [0.2, 0.25) is 0 Å². The van der Waals surface area contributed by atoms with Crippen LogP contribution in [0.4, 0.5) is 4.79 Å². The fourth-order valence-electron chi connectivity index (χ4n) is 5.56. The summed E-state index contributed by atoms with van der Waals surface area (Å²) in [5.41, 5.74) is 6.27. The first-order valence-electron chi connectivity index (χ1n) is 14.2. The SMILES string of the molecule is Cc1c(C)c2c(c(C)c1OCc1ccccc1)C(CN(C)CCOc1ccc(/C=C3\SC(=O)NC3=O)cc1)C(C)(C)O2. The van der Waals surface area contributed by atoms with Gasteiger partial charge in [-0.25, -0.2) is 0 Å². The van der Waals surface area contributed by atoms with E-state index in [1.54, 1.807) is 6.08 Å². The van der Waals surface area contributed by atoms with E-state index in [-0.39, 0.29) is 22.7 Å². The number of imide groups is 1. The lowest BCUT2D eigenvalue weighted by atomic mass is 9.82. The number of hydrogen-bond acceptors (Lipinski definition) is 7. The zero-order valence-corrected chi connectivity index (χ0v) is 25.9. The Bertz CT molecular complexity index is 1520. The highest BCUT2D eigenvalue weighted by atomic mass is 32.2. The predicted octanol–water partition coefficient (Wildman–Crippen LogP) is 6.78. The summed E-state index contributed by atoms with van der Waals surface area (Å²) in [6.07, 6.45) is 1.70. The van der Waals surface area contributed by atoms with Gasteiger partial charge < -0.3 is 19.1 Å². The van der Waals surface area contributed by atoms with Gasteiger partial charge in [-0.2, -0.15) is 0 Å². The zero-order valence-electron chi connectivity index (χ0n) is 25.1. The first-order chi connectivity index (χ1) is 20.0. The highest BCUT2D eigenvalue weighted by Crippen LogP contribution is 2.52. The molecule has 2 aliphatic rings. The highest BCUT2D eigenvalue weighted by Gasteiger charge is 2.44. The number of benzene rings is 3. The third-order valence-corrected chi connectivity index (χ3v) is 8.88. The van der Waals surface area contributed by atoms with Crippen molar-refractivity contribution in [2.24, 2.45) is 0 Å². The van der Waals surface area contributed by atoms with E-state index in [0.717, 1.165) is 69.9 Å². The van der Waals surface area contributed by atoms with Crippen molar-refractivity contribution in [3.05, 3.63) is 92.9 Å². The highest BCUT2D eigenvalue weighted by molar-refractivity contribution is 8.18. The summed E-state index contributed by atoms with van der Waals surface area (Å²) < 4.78 is 19.0. The van der Waals surface area contributed by atoms with Gasteiger partial charge in [-0.15, -0.1) is 0 Å². The summed E-state index contributed by atoms with van der Waals surface area (Å²) in [6, 6.07) is 17.8. The molecule has 0 saturated carbocycles. The zero-order chi connectivity index (χ0) is 30.0. The van der Waals surface area contributed by atoms with E-state index < -0.39 is 0 Å². The van der Waals surface area contributed by atoms with Crippen molar-refractivity contribution in [3.63, 3.8) is 0 Å². The molecule has 8 heteroatoms. The molecule has 1 N–H and O–H groups in total. The predicted molar refractivity (Wildman–Crippen MR) is 167 cm³/mol. The largest absolute Gasteiger partial charge is 0.492 e. The average molecular weight is 587 g/mol. The lowest BCUT2D eigenvalue weighted by Gasteiger charge is -2.30. The number of hydrogen-bond donors (Lipinski definition) is 1. The van der Waals surface area contributed by atoms with Crippen molar-refractivity contribution in [2.75, 3.05) is 26.7 Å². The van der Waals surface area contributed by atoms with E-state index in [9.17, 15) is 9.59 Å². The van der Waals surface area contributed by atoms with E-state index in [0.29, 0.717) is 18.1 Å². The topological polar surface area (TPSA) is 77.1 Å². The molecule has 2 amide bonds. The van der Waals surface area contributed by atoms with Gasteiger partial charge in [0.1, 0.15) is 36.1 Å². The number of ether oxygens (including phenoxy) is 3. The third kappa shape index (κ3) is 6.35. The number of fused-ring (bicyclic) bond motifs is 1. The van der Waals surface area contributed by atoms with Gasteiger partial charge in [0.05, 0.1) is 4.91 Å². The van der Waals surface area contributed by atoms with Crippen LogP contribution in [0.15, 0.2) is 59.5 Å². The van der Waals surface area contributed by atoms with Gasteiger partial charge in [0.15, 0.2) is 0 Å². The van der Waals surface area contributed by atoms with Crippen LogP contribution in [0.5, 0.6) is 17.2 Å². The second kappa shape index (κ2) is 12.2. The number of nitrogens with one attached hydrogen (secondary N) is 1. The molecule has 2 aliphatic heterocycles.